The Morgan fingerprint density at radius 1 is 1.40 bits per heavy atom. The summed E-state index contributed by atoms with van der Waals surface area (Å²) in [6.07, 6.45) is -6.02. The molecule has 2 aliphatic rings. The number of hydrogen-bond donors (Lipinski definition) is 1. The maximum Gasteiger partial charge on any atom is 0.404 e. The molecule has 1 saturated carbocycles. The fraction of sp³-hybridized carbons (Fsp3) is 0.786. The van der Waals surface area contributed by atoms with Crippen molar-refractivity contribution in [1.82, 2.24) is 20.4 Å². The zero-order valence-electron chi connectivity index (χ0n) is 13.2. The van der Waals surface area contributed by atoms with Crippen LogP contribution in [-0.2, 0) is 10.2 Å². The second kappa shape index (κ2) is 6.50. The zero-order valence-corrected chi connectivity index (χ0v) is 13.2. The number of nitrogens with one attached hydrogen (secondary N) is 1. The lowest BCUT2D eigenvalue weighted by atomic mass is 9.86. The highest BCUT2D eigenvalue weighted by Gasteiger charge is 2.63. The van der Waals surface area contributed by atoms with Crippen LogP contribution in [0.15, 0.2) is 4.52 Å². The van der Waals surface area contributed by atoms with Gasteiger partial charge in [0, 0.05) is 19.0 Å². The van der Waals surface area contributed by atoms with Crippen molar-refractivity contribution in [2.75, 3.05) is 26.2 Å². The molecule has 0 bridgehead atoms. The van der Waals surface area contributed by atoms with Crippen molar-refractivity contribution in [2.24, 2.45) is 0 Å². The lowest BCUT2D eigenvalue weighted by molar-refractivity contribution is -0.193. The minimum atomic E-state index is -4.63. The molecule has 6 nitrogen and oxygen atoms in total. The van der Waals surface area contributed by atoms with Gasteiger partial charge in [-0.3, -0.25) is 9.69 Å². The molecule has 3 rings (SSSR count). The molecule has 1 atom stereocenters. The Morgan fingerprint density at radius 3 is 2.72 bits per heavy atom. The molecule has 25 heavy (non-hydrogen) atoms. The number of rotatable bonds is 6. The predicted octanol–water partition coefficient (Wildman–Crippen LogP) is 1.83. The van der Waals surface area contributed by atoms with Gasteiger partial charge in [-0.2, -0.15) is 18.2 Å². The number of nitrogens with zero attached hydrogens (tertiary/aromatic N) is 3. The molecule has 1 aromatic rings. The summed E-state index contributed by atoms with van der Waals surface area (Å²) < 4.78 is 70.3. The first-order chi connectivity index (χ1) is 11.7. The van der Waals surface area contributed by atoms with Gasteiger partial charge in [0.05, 0.1) is 13.1 Å². The maximum atomic E-state index is 13.7. The third kappa shape index (κ3) is 3.75. The smallest absolute Gasteiger partial charge is 0.349 e. The van der Waals surface area contributed by atoms with Crippen molar-refractivity contribution in [3.05, 3.63) is 11.7 Å². The number of likely N-dealkylation sites (tertiary alicyclic amines) is 1. The number of aromatic nitrogens is 2. The Morgan fingerprint density at radius 2 is 2.12 bits per heavy atom. The monoisotopic (exact) mass is 368 g/mol. The summed E-state index contributed by atoms with van der Waals surface area (Å²) in [6.45, 7) is -1.77. The Labute approximate surface area is 139 Å². The van der Waals surface area contributed by atoms with E-state index in [0.717, 1.165) is 12.8 Å². The summed E-state index contributed by atoms with van der Waals surface area (Å²) in [5, 5.41) is 5.63. The summed E-state index contributed by atoms with van der Waals surface area (Å²) in [6, 6.07) is 0. The minimum Gasteiger partial charge on any atom is -0.349 e. The van der Waals surface area contributed by atoms with Gasteiger partial charge in [-0.25, -0.2) is 8.78 Å². The topological polar surface area (TPSA) is 71.3 Å². The molecule has 1 amide bonds. The molecule has 1 aliphatic heterocycles. The number of hydrogen-bond acceptors (Lipinski definition) is 5. The number of halogens is 5. The van der Waals surface area contributed by atoms with Crippen LogP contribution in [0.1, 0.15) is 36.9 Å². The van der Waals surface area contributed by atoms with Crippen molar-refractivity contribution in [3.8, 4) is 0 Å². The Balaban J connectivity index is 1.71. The fourth-order valence-electron chi connectivity index (χ4n) is 2.94. The molecule has 1 aliphatic carbocycles. The van der Waals surface area contributed by atoms with Crippen LogP contribution < -0.4 is 5.32 Å². The average molecular weight is 368 g/mol. The van der Waals surface area contributed by atoms with Gasteiger partial charge < -0.3 is 9.84 Å². The summed E-state index contributed by atoms with van der Waals surface area (Å²) in [4.78, 5) is 16.8. The van der Waals surface area contributed by atoms with Crippen LogP contribution in [0.3, 0.4) is 0 Å². The van der Waals surface area contributed by atoms with E-state index in [1.807, 2.05) is 5.32 Å². The van der Waals surface area contributed by atoms with Gasteiger partial charge >= 0.3 is 6.18 Å². The van der Waals surface area contributed by atoms with Crippen LogP contribution in [-0.4, -0.2) is 59.7 Å². The van der Waals surface area contributed by atoms with Crippen molar-refractivity contribution in [1.29, 1.82) is 0 Å². The lowest BCUT2D eigenvalue weighted by Crippen LogP contribution is -2.46. The molecule has 0 aromatic carbocycles. The van der Waals surface area contributed by atoms with Gasteiger partial charge in [0.1, 0.15) is 0 Å². The summed E-state index contributed by atoms with van der Waals surface area (Å²) in [5.41, 5.74) is -2.34. The number of alkyl halides is 5. The third-order valence-corrected chi connectivity index (χ3v) is 4.51. The molecule has 140 valence electrons. The molecule has 0 radical (unpaired) electrons. The van der Waals surface area contributed by atoms with Gasteiger partial charge in [-0.15, -0.1) is 0 Å². The number of carbonyl (C=O) groups excluding carboxylic acids is 1. The van der Waals surface area contributed by atoms with Gasteiger partial charge in [0.2, 0.25) is 11.8 Å². The SMILES string of the molecule is O=C(CN1CCC(c2nc(C3CC3)no2)(C(F)(F)F)C1)NCC(F)F. The van der Waals surface area contributed by atoms with E-state index < -0.39 is 49.4 Å². The largest absolute Gasteiger partial charge is 0.404 e. The van der Waals surface area contributed by atoms with Crippen molar-refractivity contribution < 1.29 is 31.3 Å². The number of amides is 1. The van der Waals surface area contributed by atoms with E-state index in [2.05, 4.69) is 10.1 Å². The average Bonchev–Trinajstić information content (AvgIpc) is 3.08. The van der Waals surface area contributed by atoms with Crippen molar-refractivity contribution >= 4 is 5.91 Å². The summed E-state index contributed by atoms with van der Waals surface area (Å²) >= 11 is 0. The van der Waals surface area contributed by atoms with Crippen LogP contribution in [0, 0.1) is 0 Å². The molecular formula is C14H17F5N4O2. The molecule has 1 unspecified atom stereocenters. The first-order valence-corrected chi connectivity index (χ1v) is 7.89. The third-order valence-electron chi connectivity index (χ3n) is 4.51. The summed E-state index contributed by atoms with van der Waals surface area (Å²) in [5.74, 6) is -0.896. The van der Waals surface area contributed by atoms with E-state index in [0.29, 0.717) is 0 Å². The van der Waals surface area contributed by atoms with Crippen LogP contribution in [0.5, 0.6) is 0 Å². The normalized spacial score (nSPS) is 24.9. The molecule has 0 spiro atoms. The molecule has 1 N–H and O–H groups in total. The van der Waals surface area contributed by atoms with Crippen LogP contribution in [0.4, 0.5) is 22.0 Å². The molecule has 2 heterocycles. The fourth-order valence-corrected chi connectivity index (χ4v) is 2.94. The van der Waals surface area contributed by atoms with E-state index in [9.17, 15) is 26.7 Å². The number of carbonyl (C=O) groups is 1. The highest BCUT2D eigenvalue weighted by atomic mass is 19.4. The van der Waals surface area contributed by atoms with Gasteiger partial charge in [0.25, 0.3) is 6.43 Å². The standard InChI is InChI=1S/C14H17F5N4O2/c15-9(16)5-20-10(24)6-23-4-3-13(7-23,14(17,18)19)12-21-11(22-25-12)8-1-2-8/h8-9H,1-7H2,(H,20,24). The first-order valence-electron chi connectivity index (χ1n) is 7.89. The van der Waals surface area contributed by atoms with E-state index in [4.69, 9.17) is 4.52 Å². The second-order valence-corrected chi connectivity index (χ2v) is 6.47. The molecule has 2 fully saturated rings. The zero-order chi connectivity index (χ0) is 18.2. The Bertz CT molecular complexity index is 631. The van der Waals surface area contributed by atoms with Crippen LogP contribution in [0.2, 0.25) is 0 Å². The van der Waals surface area contributed by atoms with E-state index in [-0.39, 0.29) is 24.7 Å². The van der Waals surface area contributed by atoms with E-state index >= 15 is 0 Å². The first kappa shape index (κ1) is 18.0. The minimum absolute atomic E-state index is 0.0250. The molecule has 1 saturated heterocycles. The van der Waals surface area contributed by atoms with Gasteiger partial charge in [-0.05, 0) is 19.3 Å². The summed E-state index contributed by atoms with van der Waals surface area (Å²) in [7, 11) is 0. The molecule has 1 aromatic heterocycles. The lowest BCUT2D eigenvalue weighted by Gasteiger charge is -2.28. The maximum absolute atomic E-state index is 13.7. The highest BCUT2D eigenvalue weighted by molar-refractivity contribution is 5.78. The predicted molar refractivity (Wildman–Crippen MR) is 74.1 cm³/mol. The van der Waals surface area contributed by atoms with Crippen LogP contribution >= 0.6 is 0 Å². The van der Waals surface area contributed by atoms with E-state index in [1.165, 1.54) is 4.90 Å². The highest BCUT2D eigenvalue weighted by Crippen LogP contribution is 2.48. The van der Waals surface area contributed by atoms with Crippen LogP contribution in [0.25, 0.3) is 0 Å². The van der Waals surface area contributed by atoms with Crippen molar-refractivity contribution in [3.63, 3.8) is 0 Å². The van der Waals surface area contributed by atoms with Gasteiger partial charge in [0.15, 0.2) is 11.2 Å². The molecular weight excluding hydrogens is 351 g/mol. The van der Waals surface area contributed by atoms with E-state index in [1.54, 1.807) is 0 Å². The van der Waals surface area contributed by atoms with Crippen molar-refractivity contribution in [2.45, 2.75) is 43.2 Å². The second-order valence-electron chi connectivity index (χ2n) is 6.47. The Kier molecular flexibility index (Phi) is 4.69. The Hall–Kier alpha value is -1.78. The van der Waals surface area contributed by atoms with Gasteiger partial charge in [-0.1, -0.05) is 5.16 Å². The quantitative estimate of drug-likeness (QED) is 0.776. The molecule has 11 heteroatoms.